The van der Waals surface area contributed by atoms with Gasteiger partial charge in [-0.25, -0.2) is 0 Å². The van der Waals surface area contributed by atoms with Crippen molar-refractivity contribution in [3.05, 3.63) is 23.8 Å². The summed E-state index contributed by atoms with van der Waals surface area (Å²) in [5, 5.41) is 27.9. The molecule has 1 aromatic rings. The molecule has 1 heterocycles. The van der Waals surface area contributed by atoms with Crippen LogP contribution in [-0.4, -0.2) is 33.8 Å². The maximum absolute atomic E-state index is 9.44. The Bertz CT molecular complexity index is 415. The molecule has 0 bridgehead atoms. The molecule has 1 aliphatic heterocycles. The largest absolute Gasteiger partial charge is 0.504 e. The molecule has 94 valence electrons. The van der Waals surface area contributed by atoms with Crippen molar-refractivity contribution in [2.24, 2.45) is 0 Å². The Balaban J connectivity index is 2.29. The van der Waals surface area contributed by atoms with E-state index in [9.17, 15) is 15.3 Å². The summed E-state index contributed by atoms with van der Waals surface area (Å²) in [5.41, 5.74) is 0.657. The van der Waals surface area contributed by atoms with E-state index in [2.05, 4.69) is 0 Å². The van der Waals surface area contributed by atoms with Crippen molar-refractivity contribution < 1.29 is 24.8 Å². The highest BCUT2D eigenvalue weighted by atomic mass is 16.8. The number of aliphatic hydroxyl groups excluding tert-OH is 1. The number of hydrogen-bond acceptors (Lipinski definition) is 5. The molecule has 17 heavy (non-hydrogen) atoms. The van der Waals surface area contributed by atoms with Gasteiger partial charge in [0, 0.05) is 0 Å². The van der Waals surface area contributed by atoms with Crippen LogP contribution >= 0.6 is 0 Å². The minimum absolute atomic E-state index is 0.171. The maximum atomic E-state index is 9.44. The average molecular weight is 240 g/mol. The van der Waals surface area contributed by atoms with Crippen molar-refractivity contribution in [3.63, 3.8) is 0 Å². The minimum Gasteiger partial charge on any atom is -0.504 e. The highest BCUT2D eigenvalue weighted by molar-refractivity contribution is 5.41. The molecule has 0 unspecified atom stereocenters. The number of hydrogen-bond donors (Lipinski definition) is 3. The van der Waals surface area contributed by atoms with Crippen molar-refractivity contribution >= 4 is 0 Å². The van der Waals surface area contributed by atoms with Gasteiger partial charge in [0.1, 0.15) is 12.2 Å². The van der Waals surface area contributed by atoms with E-state index in [0.717, 1.165) is 0 Å². The number of phenolic OH excluding ortho intramolecular Hbond substituents is 2. The van der Waals surface area contributed by atoms with Crippen LogP contribution in [0.1, 0.15) is 25.5 Å². The topological polar surface area (TPSA) is 79.2 Å². The Hall–Kier alpha value is -1.30. The molecule has 1 aromatic carbocycles. The van der Waals surface area contributed by atoms with E-state index in [1.165, 1.54) is 12.1 Å². The molecule has 5 nitrogen and oxygen atoms in total. The third kappa shape index (κ3) is 2.36. The summed E-state index contributed by atoms with van der Waals surface area (Å²) in [4.78, 5) is 0. The quantitative estimate of drug-likeness (QED) is 0.679. The molecule has 0 saturated carbocycles. The lowest BCUT2D eigenvalue weighted by Gasteiger charge is -2.17. The Morgan fingerprint density at radius 2 is 1.88 bits per heavy atom. The van der Waals surface area contributed by atoms with E-state index in [-0.39, 0.29) is 18.1 Å². The summed E-state index contributed by atoms with van der Waals surface area (Å²) in [6.07, 6.45) is -0.935. The van der Waals surface area contributed by atoms with Gasteiger partial charge in [0.25, 0.3) is 0 Å². The third-order valence-electron chi connectivity index (χ3n) is 2.69. The summed E-state index contributed by atoms with van der Waals surface area (Å²) in [5.74, 6) is -1.18. The predicted molar refractivity (Wildman–Crippen MR) is 59.6 cm³/mol. The molecule has 0 spiro atoms. The number of rotatable bonds is 2. The van der Waals surface area contributed by atoms with Gasteiger partial charge in [-0.3, -0.25) is 0 Å². The molecular formula is C12H16O5. The van der Waals surface area contributed by atoms with Gasteiger partial charge in [-0.15, -0.1) is 0 Å². The predicted octanol–water partition coefficient (Wildman–Crippen LogP) is 1.28. The van der Waals surface area contributed by atoms with Gasteiger partial charge < -0.3 is 24.8 Å². The lowest BCUT2D eigenvalue weighted by atomic mass is 10.0. The van der Waals surface area contributed by atoms with Crippen LogP contribution in [0.3, 0.4) is 0 Å². The van der Waals surface area contributed by atoms with Crippen molar-refractivity contribution in [3.8, 4) is 11.5 Å². The Labute approximate surface area is 99.2 Å². The SMILES string of the molecule is CC1(C)O[C@@H](CO)[C@@H](c2ccc(O)c(O)c2)O1. The van der Waals surface area contributed by atoms with Gasteiger partial charge in [0.2, 0.25) is 0 Å². The molecule has 0 radical (unpaired) electrons. The Morgan fingerprint density at radius 1 is 1.18 bits per heavy atom. The molecule has 0 amide bonds. The third-order valence-corrected chi connectivity index (χ3v) is 2.69. The Morgan fingerprint density at radius 3 is 2.47 bits per heavy atom. The highest BCUT2D eigenvalue weighted by Gasteiger charge is 2.41. The van der Waals surface area contributed by atoms with Crippen molar-refractivity contribution in [1.29, 1.82) is 0 Å². The van der Waals surface area contributed by atoms with Gasteiger partial charge in [0.15, 0.2) is 17.3 Å². The van der Waals surface area contributed by atoms with Crippen LogP contribution in [0.25, 0.3) is 0 Å². The zero-order chi connectivity index (χ0) is 12.6. The summed E-state index contributed by atoms with van der Waals surface area (Å²) < 4.78 is 11.2. The van der Waals surface area contributed by atoms with E-state index >= 15 is 0 Å². The van der Waals surface area contributed by atoms with E-state index in [0.29, 0.717) is 5.56 Å². The van der Waals surface area contributed by atoms with Gasteiger partial charge in [0.05, 0.1) is 6.61 Å². The van der Waals surface area contributed by atoms with Crippen LogP contribution < -0.4 is 0 Å². The van der Waals surface area contributed by atoms with Crippen LogP contribution in [0, 0.1) is 0 Å². The van der Waals surface area contributed by atoms with Crippen LogP contribution in [0.2, 0.25) is 0 Å². The number of aromatic hydroxyl groups is 2. The second kappa shape index (κ2) is 4.18. The monoisotopic (exact) mass is 240 g/mol. The van der Waals surface area contributed by atoms with Gasteiger partial charge in [-0.05, 0) is 31.5 Å². The molecule has 3 N–H and O–H groups in total. The fourth-order valence-electron chi connectivity index (χ4n) is 1.97. The molecule has 2 rings (SSSR count). The first-order valence-corrected chi connectivity index (χ1v) is 5.41. The number of benzene rings is 1. The maximum Gasteiger partial charge on any atom is 0.164 e. The number of ether oxygens (including phenoxy) is 2. The molecule has 0 aromatic heterocycles. The smallest absolute Gasteiger partial charge is 0.164 e. The van der Waals surface area contributed by atoms with E-state index in [4.69, 9.17) is 9.47 Å². The standard InChI is InChI=1S/C12H16O5/c1-12(2)16-10(6-13)11(17-12)7-3-4-8(14)9(15)5-7/h3-5,10-11,13-15H,6H2,1-2H3/t10-,11+/m0/s1. The van der Waals surface area contributed by atoms with Crippen LogP contribution in [-0.2, 0) is 9.47 Å². The number of aliphatic hydroxyl groups is 1. The average Bonchev–Trinajstić information content (AvgIpc) is 2.58. The van der Waals surface area contributed by atoms with E-state index in [1.54, 1.807) is 19.9 Å². The molecule has 2 atom stereocenters. The lowest BCUT2D eigenvalue weighted by Crippen LogP contribution is -2.23. The molecule has 1 aliphatic rings. The zero-order valence-electron chi connectivity index (χ0n) is 9.75. The number of phenols is 2. The van der Waals surface area contributed by atoms with Crippen molar-refractivity contribution in [2.45, 2.75) is 31.8 Å². The summed E-state index contributed by atoms with van der Waals surface area (Å²) in [6.45, 7) is 3.35. The molecule has 0 aliphatic carbocycles. The summed E-state index contributed by atoms with van der Waals surface area (Å²) in [7, 11) is 0. The second-order valence-electron chi connectivity index (χ2n) is 4.53. The molecule has 1 fully saturated rings. The lowest BCUT2D eigenvalue weighted by molar-refractivity contribution is -0.149. The van der Waals surface area contributed by atoms with Crippen molar-refractivity contribution in [2.75, 3.05) is 6.61 Å². The fraction of sp³-hybridized carbons (Fsp3) is 0.500. The molecule has 5 heteroatoms. The van der Waals surface area contributed by atoms with Crippen molar-refractivity contribution in [1.82, 2.24) is 0 Å². The second-order valence-corrected chi connectivity index (χ2v) is 4.53. The Kier molecular flexibility index (Phi) is 2.99. The summed E-state index contributed by atoms with van der Waals surface area (Å²) >= 11 is 0. The first-order chi connectivity index (χ1) is 7.93. The highest BCUT2D eigenvalue weighted by Crippen LogP contribution is 2.40. The van der Waals surface area contributed by atoms with E-state index in [1.807, 2.05) is 0 Å². The normalized spacial score (nSPS) is 27.2. The molecule has 1 saturated heterocycles. The first-order valence-electron chi connectivity index (χ1n) is 5.41. The summed E-state index contributed by atoms with van der Waals surface area (Å²) in [6, 6.07) is 4.42. The fourth-order valence-corrected chi connectivity index (χ4v) is 1.97. The van der Waals surface area contributed by atoms with E-state index < -0.39 is 18.0 Å². The first kappa shape index (κ1) is 12.2. The minimum atomic E-state index is -0.772. The van der Waals surface area contributed by atoms with Crippen LogP contribution in [0.15, 0.2) is 18.2 Å². The van der Waals surface area contributed by atoms with Gasteiger partial charge in [-0.1, -0.05) is 6.07 Å². The zero-order valence-corrected chi connectivity index (χ0v) is 9.75. The van der Waals surface area contributed by atoms with Gasteiger partial charge in [-0.2, -0.15) is 0 Å². The van der Waals surface area contributed by atoms with Gasteiger partial charge >= 0.3 is 0 Å². The van der Waals surface area contributed by atoms with Crippen LogP contribution in [0.4, 0.5) is 0 Å². The molecular weight excluding hydrogens is 224 g/mol. The van der Waals surface area contributed by atoms with Crippen LogP contribution in [0.5, 0.6) is 11.5 Å².